The molecular formula is C12H10B8F6N2O2. The monoisotopic (exact) mass is 416 g/mol. The number of alkyl halides is 6. The van der Waals surface area contributed by atoms with Crippen LogP contribution in [0.1, 0.15) is 20.8 Å². The smallest absolute Gasteiger partial charge is 0.427 e. The highest BCUT2D eigenvalue weighted by molar-refractivity contribution is 6.57. The zero-order valence-electron chi connectivity index (χ0n) is 16.2. The van der Waals surface area contributed by atoms with Gasteiger partial charge < -0.3 is 14.5 Å². The number of nitrogens with zero attached hydrogens (tertiary/aromatic N) is 2. The first-order valence-electron chi connectivity index (χ1n) is 8.02. The van der Waals surface area contributed by atoms with E-state index in [1.807, 2.05) is 0 Å². The number of carbonyl (C=O) groups is 1. The average Bonchev–Trinajstić information content (AvgIpc) is 2.40. The largest absolute Gasteiger partial charge is 0.434 e. The van der Waals surface area contributed by atoms with Gasteiger partial charge in [0.25, 0.3) is 5.50 Å². The molecule has 30 heavy (non-hydrogen) atoms. The molecule has 0 saturated carbocycles. The van der Waals surface area contributed by atoms with Gasteiger partial charge in [0, 0.05) is 5.54 Å². The lowest BCUT2D eigenvalue weighted by Crippen LogP contribution is -2.90. The summed E-state index contributed by atoms with van der Waals surface area (Å²) in [4.78, 5) is 13.0. The first-order valence-corrected chi connectivity index (χ1v) is 8.02. The normalized spacial score (nSPS) is 25.0. The van der Waals surface area contributed by atoms with Gasteiger partial charge in [0.05, 0.1) is 54.9 Å². The Hall–Kier alpha value is -0.671. The van der Waals surface area contributed by atoms with E-state index in [-0.39, 0.29) is 4.90 Å². The van der Waals surface area contributed by atoms with Crippen LogP contribution < -0.4 is 0 Å². The summed E-state index contributed by atoms with van der Waals surface area (Å²) in [6.07, 6.45) is -15.1. The molecule has 0 bridgehead atoms. The minimum Gasteiger partial charge on any atom is -0.434 e. The van der Waals surface area contributed by atoms with Crippen LogP contribution in [0.4, 0.5) is 31.1 Å². The summed E-state index contributed by atoms with van der Waals surface area (Å²) >= 11 is 0. The molecule has 1 saturated heterocycles. The quantitative estimate of drug-likeness (QED) is 0.407. The van der Waals surface area contributed by atoms with Gasteiger partial charge in [-0.1, -0.05) is 0 Å². The van der Waals surface area contributed by atoms with E-state index in [4.69, 9.17) is 54.9 Å². The van der Waals surface area contributed by atoms with Crippen LogP contribution >= 0.6 is 0 Å². The summed E-state index contributed by atoms with van der Waals surface area (Å²) in [5, 5.41) is -8.05. The van der Waals surface area contributed by atoms with Crippen LogP contribution in [0.2, 0.25) is 0 Å². The molecule has 1 aliphatic rings. The Morgan fingerprint density at radius 1 is 0.867 bits per heavy atom. The molecule has 1 fully saturated rings. The SMILES string of the molecule is [B]C1N(C(=O)OC([B])(C(F)(F)F)C(F)(F)F)C([B])([B])C([B])([B])N(C(C)(C)C)C1([B])[B]. The van der Waals surface area contributed by atoms with Crippen LogP contribution in [0, 0.1) is 0 Å². The van der Waals surface area contributed by atoms with E-state index < -0.39 is 51.4 Å². The zero-order chi connectivity index (χ0) is 24.5. The fraction of sp³-hybridized carbons (Fsp3) is 0.917. The average molecular weight is 415 g/mol. The summed E-state index contributed by atoms with van der Waals surface area (Å²) in [6.45, 7) is 4.39. The summed E-state index contributed by atoms with van der Waals surface area (Å²) in [6, 6.07) is 0. The lowest BCUT2D eigenvalue weighted by molar-refractivity contribution is -0.331. The minimum absolute atomic E-state index is 0.228. The summed E-state index contributed by atoms with van der Waals surface area (Å²) < 4.78 is 81.5. The van der Waals surface area contributed by atoms with Crippen LogP contribution in [0.25, 0.3) is 0 Å². The number of hydrogen-bond donors (Lipinski definition) is 0. The number of rotatable bonds is 1. The molecule has 1 amide bonds. The number of amides is 1. The number of piperazine rings is 1. The molecule has 1 rings (SSSR count). The van der Waals surface area contributed by atoms with Gasteiger partial charge in [-0.15, -0.1) is 0 Å². The van der Waals surface area contributed by atoms with Gasteiger partial charge in [-0.05, 0) is 42.7 Å². The molecule has 18 heteroatoms. The van der Waals surface area contributed by atoms with Gasteiger partial charge >= 0.3 is 18.4 Å². The number of carbonyl (C=O) groups excluding carboxylic acids is 1. The van der Waals surface area contributed by atoms with E-state index in [0.29, 0.717) is 0 Å². The minimum atomic E-state index is -6.30. The van der Waals surface area contributed by atoms with Crippen molar-refractivity contribution in [3.8, 4) is 0 Å². The van der Waals surface area contributed by atoms with Crippen LogP contribution in [0.3, 0.4) is 0 Å². The molecule has 0 aromatic heterocycles. The Balaban J connectivity index is 3.61. The van der Waals surface area contributed by atoms with E-state index in [2.05, 4.69) is 12.6 Å². The van der Waals surface area contributed by atoms with Crippen LogP contribution in [-0.2, 0) is 4.74 Å². The predicted molar refractivity (Wildman–Crippen MR) is 103 cm³/mol. The van der Waals surface area contributed by atoms with Crippen molar-refractivity contribution in [1.82, 2.24) is 9.80 Å². The van der Waals surface area contributed by atoms with Gasteiger partial charge in [0.15, 0.2) is 7.85 Å². The summed E-state index contributed by atoms with van der Waals surface area (Å²) in [7, 11) is 45.2. The maximum absolute atomic E-state index is 13.0. The number of ether oxygens (including phenoxy) is 1. The Morgan fingerprint density at radius 3 is 1.53 bits per heavy atom. The van der Waals surface area contributed by atoms with Crippen molar-refractivity contribution in [2.75, 3.05) is 0 Å². The van der Waals surface area contributed by atoms with E-state index in [1.54, 1.807) is 0 Å². The van der Waals surface area contributed by atoms with E-state index in [1.165, 1.54) is 20.8 Å². The fourth-order valence-electron chi connectivity index (χ4n) is 3.13. The third kappa shape index (κ3) is 3.94. The van der Waals surface area contributed by atoms with Gasteiger partial charge in [-0.25, -0.2) is 4.79 Å². The van der Waals surface area contributed by atoms with Gasteiger partial charge in [0.2, 0.25) is 0 Å². The standard InChI is InChI=1S/C12H10B8F6N2O2/c1-6(2,3)28-7(14,15)4(13)27(9(17,18)10(28,19)20)5(29)30-8(16,11(21,22)23)12(24,25)26/h4H,1-3H3. The Morgan fingerprint density at radius 2 is 1.23 bits per heavy atom. The molecule has 16 radical (unpaired) electrons. The molecule has 0 aliphatic carbocycles. The van der Waals surface area contributed by atoms with Gasteiger partial charge in [-0.2, -0.15) is 26.3 Å². The fourth-order valence-corrected chi connectivity index (χ4v) is 3.13. The van der Waals surface area contributed by atoms with Crippen molar-refractivity contribution in [2.45, 2.75) is 66.1 Å². The lowest BCUT2D eigenvalue weighted by atomic mass is 9.31. The molecule has 1 atom stereocenters. The second-order valence-corrected chi connectivity index (χ2v) is 7.96. The van der Waals surface area contributed by atoms with Crippen molar-refractivity contribution >= 4 is 68.9 Å². The van der Waals surface area contributed by atoms with Crippen LogP contribution in [-0.4, -0.2) is 124 Å². The molecule has 4 nitrogen and oxygen atoms in total. The number of halogens is 6. The third-order valence-electron chi connectivity index (χ3n) is 4.51. The van der Waals surface area contributed by atoms with Crippen molar-refractivity contribution in [3.05, 3.63) is 0 Å². The van der Waals surface area contributed by atoms with E-state index >= 15 is 0 Å². The van der Waals surface area contributed by atoms with E-state index in [0.717, 1.165) is 4.90 Å². The Bertz CT molecular complexity index is 680. The van der Waals surface area contributed by atoms with Crippen molar-refractivity contribution in [1.29, 1.82) is 0 Å². The molecule has 0 aromatic carbocycles. The highest BCUT2D eigenvalue weighted by atomic mass is 19.4. The van der Waals surface area contributed by atoms with Crippen LogP contribution in [0.5, 0.6) is 0 Å². The molecule has 0 spiro atoms. The second-order valence-electron chi connectivity index (χ2n) is 7.96. The zero-order valence-corrected chi connectivity index (χ0v) is 16.2. The van der Waals surface area contributed by atoms with Crippen molar-refractivity contribution in [2.24, 2.45) is 0 Å². The predicted octanol–water partition coefficient (Wildman–Crippen LogP) is -1.00. The van der Waals surface area contributed by atoms with E-state index in [9.17, 15) is 31.1 Å². The third-order valence-corrected chi connectivity index (χ3v) is 4.51. The molecule has 1 aliphatic heterocycles. The van der Waals surface area contributed by atoms with Crippen molar-refractivity contribution in [3.63, 3.8) is 0 Å². The summed E-state index contributed by atoms with van der Waals surface area (Å²) in [5.41, 5.74) is -6.62. The second kappa shape index (κ2) is 7.17. The first kappa shape index (κ1) is 27.4. The topological polar surface area (TPSA) is 32.8 Å². The molecule has 0 N–H and O–H groups in total. The van der Waals surface area contributed by atoms with Crippen molar-refractivity contribution < 1.29 is 35.9 Å². The highest BCUT2D eigenvalue weighted by Crippen LogP contribution is 2.46. The van der Waals surface area contributed by atoms with Gasteiger partial charge in [-0.3, -0.25) is 0 Å². The van der Waals surface area contributed by atoms with Crippen LogP contribution in [0.15, 0.2) is 0 Å². The highest BCUT2D eigenvalue weighted by Gasteiger charge is 2.71. The van der Waals surface area contributed by atoms with Gasteiger partial charge in [0.1, 0.15) is 0 Å². The molecule has 1 unspecified atom stereocenters. The lowest BCUT2D eigenvalue weighted by Gasteiger charge is -2.73. The first-order chi connectivity index (χ1) is 12.8. The summed E-state index contributed by atoms with van der Waals surface area (Å²) in [5.74, 6) is -2.16. The maximum atomic E-state index is 13.0. The maximum Gasteiger partial charge on any atom is 0.427 e. The molecular weight excluding hydrogens is 405 g/mol. The molecule has 1 heterocycles. The molecule has 146 valence electrons. The Labute approximate surface area is 181 Å². The number of hydrogen-bond acceptors (Lipinski definition) is 3. The Kier molecular flexibility index (Phi) is 6.54. The molecule has 0 aromatic rings.